The molecule has 1 aromatic rings. The molecule has 80 valence electrons. The van der Waals surface area contributed by atoms with Crippen LogP contribution in [0.3, 0.4) is 0 Å². The molecule has 1 aliphatic rings. The van der Waals surface area contributed by atoms with Crippen molar-refractivity contribution in [3.05, 3.63) is 30.3 Å². The van der Waals surface area contributed by atoms with Crippen LogP contribution in [-0.4, -0.2) is 24.7 Å². The van der Waals surface area contributed by atoms with Crippen LogP contribution in [0.1, 0.15) is 6.42 Å². The van der Waals surface area contributed by atoms with Crippen LogP contribution in [0.25, 0.3) is 0 Å². The average molecular weight is 226 g/mol. The van der Waals surface area contributed by atoms with Crippen LogP contribution in [0.5, 0.6) is 0 Å². The van der Waals surface area contributed by atoms with Crippen molar-refractivity contribution in [3.63, 3.8) is 0 Å². The third kappa shape index (κ3) is 1.74. The summed E-state index contributed by atoms with van der Waals surface area (Å²) in [5.74, 6) is -1.75. The van der Waals surface area contributed by atoms with E-state index in [0.717, 1.165) is 0 Å². The van der Waals surface area contributed by atoms with E-state index in [2.05, 4.69) is 0 Å². The highest BCUT2D eigenvalue weighted by atomic mass is 32.2. The molecule has 0 bridgehead atoms. The van der Waals surface area contributed by atoms with E-state index in [9.17, 15) is 13.2 Å². The Balaban J connectivity index is 2.28. The van der Waals surface area contributed by atoms with Crippen LogP contribution < -0.4 is 0 Å². The monoisotopic (exact) mass is 226 g/mol. The Morgan fingerprint density at radius 3 is 2.33 bits per heavy atom. The molecule has 0 aliphatic heterocycles. The molecular formula is C10H10O4S. The first-order valence-electron chi connectivity index (χ1n) is 4.55. The Labute approximate surface area is 87.5 Å². The zero-order valence-corrected chi connectivity index (χ0v) is 8.65. The fourth-order valence-corrected chi connectivity index (χ4v) is 3.46. The van der Waals surface area contributed by atoms with Crippen LogP contribution in [0.15, 0.2) is 35.2 Å². The number of carbonyl (C=O) groups is 1. The predicted molar refractivity (Wildman–Crippen MR) is 53.2 cm³/mol. The SMILES string of the molecule is O=C(O)C1CC1S(=O)(=O)c1ccccc1. The van der Waals surface area contributed by atoms with Gasteiger partial charge in [0, 0.05) is 0 Å². The molecule has 1 saturated carbocycles. The predicted octanol–water partition coefficient (Wildman–Crippen LogP) is 0.933. The van der Waals surface area contributed by atoms with E-state index in [-0.39, 0.29) is 11.3 Å². The van der Waals surface area contributed by atoms with Crippen molar-refractivity contribution in [1.29, 1.82) is 0 Å². The molecule has 0 amide bonds. The highest BCUT2D eigenvalue weighted by molar-refractivity contribution is 7.92. The Morgan fingerprint density at radius 1 is 1.27 bits per heavy atom. The van der Waals surface area contributed by atoms with Crippen molar-refractivity contribution in [1.82, 2.24) is 0 Å². The van der Waals surface area contributed by atoms with E-state index in [0.29, 0.717) is 0 Å². The number of sulfone groups is 1. The van der Waals surface area contributed by atoms with Gasteiger partial charge in [0.2, 0.25) is 0 Å². The summed E-state index contributed by atoms with van der Waals surface area (Å²) in [6.07, 6.45) is 0.229. The number of hydrogen-bond donors (Lipinski definition) is 1. The molecule has 0 saturated heterocycles. The van der Waals surface area contributed by atoms with Crippen molar-refractivity contribution in [2.75, 3.05) is 0 Å². The largest absolute Gasteiger partial charge is 0.481 e. The highest BCUT2D eigenvalue weighted by Gasteiger charge is 2.52. The molecule has 2 rings (SSSR count). The molecule has 5 heteroatoms. The molecule has 1 fully saturated rings. The zero-order chi connectivity index (χ0) is 11.1. The first-order valence-corrected chi connectivity index (χ1v) is 6.10. The van der Waals surface area contributed by atoms with E-state index < -0.39 is 27.0 Å². The summed E-state index contributed by atoms with van der Waals surface area (Å²) >= 11 is 0. The van der Waals surface area contributed by atoms with Gasteiger partial charge in [-0.25, -0.2) is 8.42 Å². The van der Waals surface area contributed by atoms with E-state index in [1.54, 1.807) is 18.2 Å². The van der Waals surface area contributed by atoms with Gasteiger partial charge in [0.1, 0.15) is 0 Å². The fourth-order valence-electron chi connectivity index (χ4n) is 1.56. The van der Waals surface area contributed by atoms with Gasteiger partial charge in [0.25, 0.3) is 0 Å². The second-order valence-electron chi connectivity index (χ2n) is 3.58. The van der Waals surface area contributed by atoms with Crippen molar-refractivity contribution in [3.8, 4) is 0 Å². The number of aliphatic carboxylic acids is 1. The summed E-state index contributed by atoms with van der Waals surface area (Å²) in [6.45, 7) is 0. The second kappa shape index (κ2) is 3.34. The zero-order valence-electron chi connectivity index (χ0n) is 7.83. The summed E-state index contributed by atoms with van der Waals surface area (Å²) in [4.78, 5) is 10.8. The van der Waals surface area contributed by atoms with Crippen molar-refractivity contribution in [2.45, 2.75) is 16.6 Å². The van der Waals surface area contributed by atoms with Gasteiger partial charge in [-0.15, -0.1) is 0 Å². The lowest BCUT2D eigenvalue weighted by atomic mass is 10.4. The van der Waals surface area contributed by atoms with Crippen LogP contribution in [0.4, 0.5) is 0 Å². The molecule has 0 aromatic heterocycles. The Morgan fingerprint density at radius 2 is 1.87 bits per heavy atom. The van der Waals surface area contributed by atoms with Crippen molar-refractivity contribution < 1.29 is 18.3 Å². The number of rotatable bonds is 3. The van der Waals surface area contributed by atoms with Gasteiger partial charge < -0.3 is 5.11 Å². The summed E-state index contributed by atoms with van der Waals surface area (Å²) in [6, 6.07) is 7.97. The second-order valence-corrected chi connectivity index (χ2v) is 5.74. The molecule has 15 heavy (non-hydrogen) atoms. The summed E-state index contributed by atoms with van der Waals surface area (Å²) in [5.41, 5.74) is 0. The lowest BCUT2D eigenvalue weighted by Gasteiger charge is -2.01. The minimum Gasteiger partial charge on any atom is -0.481 e. The number of hydrogen-bond acceptors (Lipinski definition) is 3. The molecule has 1 N–H and O–H groups in total. The molecule has 4 nitrogen and oxygen atoms in total. The molecule has 2 atom stereocenters. The smallest absolute Gasteiger partial charge is 0.307 e. The molecule has 0 heterocycles. The van der Waals surface area contributed by atoms with Gasteiger partial charge >= 0.3 is 5.97 Å². The molecule has 2 unspecified atom stereocenters. The number of carboxylic acid groups (broad SMARTS) is 1. The summed E-state index contributed by atoms with van der Waals surface area (Å²) in [7, 11) is -3.44. The van der Waals surface area contributed by atoms with Gasteiger partial charge in [-0.2, -0.15) is 0 Å². The quantitative estimate of drug-likeness (QED) is 0.832. The third-order valence-corrected chi connectivity index (χ3v) is 4.77. The van der Waals surface area contributed by atoms with Crippen molar-refractivity contribution in [2.24, 2.45) is 5.92 Å². The van der Waals surface area contributed by atoms with Gasteiger partial charge in [0.05, 0.1) is 16.1 Å². The fraction of sp³-hybridized carbons (Fsp3) is 0.300. The number of carboxylic acids is 1. The maximum absolute atomic E-state index is 11.8. The van der Waals surface area contributed by atoms with E-state index in [1.165, 1.54) is 12.1 Å². The van der Waals surface area contributed by atoms with Crippen LogP contribution in [0.2, 0.25) is 0 Å². The summed E-state index contributed by atoms with van der Waals surface area (Å²) < 4.78 is 23.7. The van der Waals surface area contributed by atoms with Gasteiger partial charge in [-0.1, -0.05) is 18.2 Å². The minimum atomic E-state index is -3.44. The topological polar surface area (TPSA) is 71.4 Å². The normalized spacial score (nSPS) is 24.8. The number of benzene rings is 1. The molecular weight excluding hydrogens is 216 g/mol. The van der Waals surface area contributed by atoms with Crippen LogP contribution in [0, 0.1) is 5.92 Å². The van der Waals surface area contributed by atoms with E-state index >= 15 is 0 Å². The first-order chi connectivity index (χ1) is 7.03. The Bertz CT molecular complexity index is 477. The molecule has 0 spiro atoms. The minimum absolute atomic E-state index is 0.207. The Kier molecular flexibility index (Phi) is 2.26. The maximum atomic E-state index is 11.8. The van der Waals surface area contributed by atoms with Gasteiger partial charge in [0.15, 0.2) is 9.84 Å². The highest BCUT2D eigenvalue weighted by Crippen LogP contribution is 2.40. The third-order valence-electron chi connectivity index (χ3n) is 2.52. The molecule has 1 aromatic carbocycles. The van der Waals surface area contributed by atoms with Gasteiger partial charge in [-0.3, -0.25) is 4.79 Å². The van der Waals surface area contributed by atoms with Crippen molar-refractivity contribution >= 4 is 15.8 Å². The lowest BCUT2D eigenvalue weighted by Crippen LogP contribution is -2.13. The van der Waals surface area contributed by atoms with Crippen LogP contribution >= 0.6 is 0 Å². The lowest BCUT2D eigenvalue weighted by molar-refractivity contribution is -0.138. The van der Waals surface area contributed by atoms with Crippen LogP contribution in [-0.2, 0) is 14.6 Å². The molecule has 0 radical (unpaired) electrons. The Hall–Kier alpha value is -1.36. The van der Waals surface area contributed by atoms with Gasteiger partial charge in [-0.05, 0) is 18.6 Å². The molecule has 1 aliphatic carbocycles. The summed E-state index contributed by atoms with van der Waals surface area (Å²) in [5, 5.41) is 7.93. The first kappa shape index (κ1) is 10.2. The van der Waals surface area contributed by atoms with E-state index in [4.69, 9.17) is 5.11 Å². The van der Waals surface area contributed by atoms with E-state index in [1.807, 2.05) is 0 Å². The maximum Gasteiger partial charge on any atom is 0.307 e. The standard InChI is InChI=1S/C10H10O4S/c11-10(12)8-6-9(8)15(13,14)7-4-2-1-3-5-7/h1-5,8-9H,6H2,(H,11,12). The average Bonchev–Trinajstić information content (AvgIpc) is 2.99.